The Morgan fingerprint density at radius 2 is 0.855 bits per heavy atom. The molecule has 0 spiro atoms. The van der Waals surface area contributed by atoms with Crippen molar-refractivity contribution in [3.05, 3.63) is 145 Å². The fourth-order valence-electron chi connectivity index (χ4n) is 7.79. The Hall–Kier alpha value is -5.28. The summed E-state index contributed by atoms with van der Waals surface area (Å²) < 4.78 is 17.2. The molecule has 0 radical (unpaired) electrons. The number of carbonyl (C=O) groups excluding carboxylic acids is 2. The Balaban J connectivity index is 0.00000125. The fourth-order valence-corrected chi connectivity index (χ4v) is 7.79. The Morgan fingerprint density at radius 1 is 0.536 bits per heavy atom. The van der Waals surface area contributed by atoms with Gasteiger partial charge < -0.3 is 101 Å². The number of fused-ring (bicyclic) bond motifs is 8. The van der Waals surface area contributed by atoms with E-state index in [-0.39, 0.29) is 95.0 Å². The molecule has 12 nitrogen and oxygen atoms in total. The second-order valence-corrected chi connectivity index (χ2v) is 15.7. The first-order valence-electron chi connectivity index (χ1n) is 21.5. The van der Waals surface area contributed by atoms with E-state index < -0.39 is 5.97 Å². The molecule has 354 valence electrons. The number of aliphatic carboxylic acids is 1. The summed E-state index contributed by atoms with van der Waals surface area (Å²) in [6.07, 6.45) is 22.5. The van der Waals surface area contributed by atoms with Crippen LogP contribution in [0, 0.1) is 0 Å². The van der Waals surface area contributed by atoms with Crippen LogP contribution in [-0.2, 0) is 52.5 Å². The molecule has 0 saturated carbocycles. The number of aromatic nitrogens is 7. The fraction of sp³-hybridized carbons (Fsp3) is 0.189. The van der Waals surface area contributed by atoms with E-state index in [0.717, 1.165) is 108 Å². The molecule has 1 aromatic carbocycles. The number of esters is 1. The van der Waals surface area contributed by atoms with Crippen LogP contribution in [0.15, 0.2) is 122 Å². The summed E-state index contributed by atoms with van der Waals surface area (Å²) in [6, 6.07) is 29.1. The number of carboxylic acid groups (broad SMARTS) is 1. The number of unbranched alkanes of at least 4 members (excludes halogenated alkanes) is 1. The van der Waals surface area contributed by atoms with Gasteiger partial charge in [-0.2, -0.15) is 0 Å². The number of hydrogen-bond acceptors (Lipinski definition) is 7. The molecule has 2 aliphatic heterocycles. The molecule has 69 heavy (non-hydrogen) atoms. The zero-order valence-electron chi connectivity index (χ0n) is 38.6. The van der Waals surface area contributed by atoms with Gasteiger partial charge in [0, 0.05) is 48.8 Å². The number of halogens is 3. The van der Waals surface area contributed by atoms with Gasteiger partial charge in [-0.05, 0) is 108 Å². The zero-order valence-corrected chi connectivity index (χ0v) is 46.2. The second-order valence-electron chi connectivity index (χ2n) is 15.7. The first kappa shape index (κ1) is 56.3. The van der Waals surface area contributed by atoms with Gasteiger partial charge in [-0.3, -0.25) is 4.79 Å². The number of pyridine rings is 3. The molecule has 16 heteroatoms. The van der Waals surface area contributed by atoms with Gasteiger partial charge in [0.2, 0.25) is 0 Å². The molecule has 0 amide bonds. The van der Waals surface area contributed by atoms with Crippen LogP contribution in [0.4, 0.5) is 0 Å². The first-order chi connectivity index (χ1) is 31.5. The van der Waals surface area contributed by atoms with Crippen molar-refractivity contribution in [1.82, 2.24) is 19.9 Å². The van der Waals surface area contributed by atoms with Gasteiger partial charge in [-0.25, -0.2) is 23.7 Å². The molecule has 0 aliphatic carbocycles. The van der Waals surface area contributed by atoms with Crippen LogP contribution >= 0.6 is 0 Å². The zero-order chi connectivity index (χ0) is 45.5. The summed E-state index contributed by atoms with van der Waals surface area (Å²) in [7, 11) is 6.04. The molecule has 7 aromatic rings. The maximum absolute atomic E-state index is 11.8. The van der Waals surface area contributed by atoms with Crippen LogP contribution < -0.4 is 105 Å². The predicted molar refractivity (Wildman–Crippen MR) is 249 cm³/mol. The Bertz CT molecular complexity index is 3070. The number of carbonyl (C=O) groups is 2. The molecule has 0 saturated heterocycles. The van der Waals surface area contributed by atoms with Crippen molar-refractivity contribution in [1.29, 1.82) is 0 Å². The maximum Gasteiger partial charge on any atom is 3.00 e. The third-order valence-corrected chi connectivity index (χ3v) is 10.9. The van der Waals surface area contributed by atoms with Crippen LogP contribution in [0.2, 0.25) is 0 Å². The molecular weight excluding hydrogens is 1250 g/mol. The standard InChI is InChI=1S/C51H46N7O3.C2H4O2.3HI.Mn/c1-5-60-47(59)8-6-7-33-61-38-11-9-34(10-12-38)48-39-13-15-41(52-39)49(35-21-27-56(2)28-22-35)43-17-19-45(54-43)51(37-25-31-58(4)32-26-37)46-20-18-44(55-46)50(42-16-14-40(48)53-42)36-23-29-57(3)30-24-36;1-2(3)4;;;;/h9-32H,5-8,33H2,1-4H3;1H3,(H,3,4);3*1H;/q+1;;;;;+3/p-4. The summed E-state index contributed by atoms with van der Waals surface area (Å²) in [5, 5.41) is 8.89. The Morgan fingerprint density at radius 3 is 1.17 bits per heavy atom. The van der Waals surface area contributed by atoms with E-state index in [9.17, 15) is 4.79 Å². The molecule has 2 aliphatic rings. The average Bonchev–Trinajstić information content (AvgIpc) is 4.14. The number of nitrogens with zero attached hydrogens (tertiary/aromatic N) is 7. The molecule has 9 rings (SSSR count). The summed E-state index contributed by atoms with van der Waals surface area (Å²) in [5.74, 6) is -0.507. The number of carboxylic acids is 1. The van der Waals surface area contributed by atoms with Crippen LogP contribution in [0.1, 0.15) is 55.9 Å². The van der Waals surface area contributed by atoms with Crippen molar-refractivity contribution in [2.45, 2.75) is 33.1 Å². The maximum atomic E-state index is 11.8. The second kappa shape index (κ2) is 26.1. The minimum atomic E-state index is -1.08. The summed E-state index contributed by atoms with van der Waals surface area (Å²) in [5.41, 5.74) is 14.1. The van der Waals surface area contributed by atoms with Gasteiger partial charge in [0.05, 0.1) is 36.0 Å². The normalized spacial score (nSPS) is 10.9. The van der Waals surface area contributed by atoms with E-state index in [0.29, 0.717) is 26.1 Å². The van der Waals surface area contributed by atoms with Crippen LogP contribution in [0.3, 0.4) is 0 Å². The molecule has 0 atom stereocenters. The van der Waals surface area contributed by atoms with E-state index in [1.165, 1.54) is 0 Å². The monoisotopic (exact) mass is 1300 g/mol. The van der Waals surface area contributed by atoms with Crippen molar-refractivity contribution in [3.8, 4) is 50.3 Å². The van der Waals surface area contributed by atoms with E-state index in [2.05, 4.69) is 97.1 Å². The van der Waals surface area contributed by atoms with Gasteiger partial charge in [-0.15, -0.1) is 22.1 Å². The van der Waals surface area contributed by atoms with Gasteiger partial charge in [0.1, 0.15) is 26.9 Å². The van der Waals surface area contributed by atoms with Gasteiger partial charge >= 0.3 is 23.0 Å². The number of ether oxygens (including phenoxy) is 2. The molecular formula is C53H49I3MnN7O5. The number of aryl methyl sites for hydroxylation is 3. The van der Waals surface area contributed by atoms with Gasteiger partial charge in [0.15, 0.2) is 37.2 Å². The quantitative estimate of drug-likeness (QED) is 0.0471. The van der Waals surface area contributed by atoms with E-state index in [1.807, 2.05) is 91.1 Å². The molecule has 0 N–H and O–H groups in total. The molecule has 8 bridgehead atoms. The largest absolute Gasteiger partial charge is 3.00 e. The Kier molecular flexibility index (Phi) is 21.3. The minimum Gasteiger partial charge on any atom is -1.00 e. The van der Waals surface area contributed by atoms with Crippen LogP contribution in [0.25, 0.3) is 90.9 Å². The van der Waals surface area contributed by atoms with E-state index in [4.69, 9.17) is 39.3 Å². The summed E-state index contributed by atoms with van der Waals surface area (Å²) in [6.45, 7) is 3.69. The third kappa shape index (κ3) is 13.7. The van der Waals surface area contributed by atoms with Gasteiger partial charge in [0.25, 0.3) is 0 Å². The van der Waals surface area contributed by atoms with Crippen LogP contribution in [-0.4, -0.2) is 35.1 Å². The first-order valence-corrected chi connectivity index (χ1v) is 21.5. The molecule has 0 fully saturated rings. The van der Waals surface area contributed by atoms with Crippen molar-refractivity contribution < 1.29 is 127 Å². The van der Waals surface area contributed by atoms with E-state index >= 15 is 0 Å². The van der Waals surface area contributed by atoms with Crippen LogP contribution in [0.5, 0.6) is 5.75 Å². The average molecular weight is 1300 g/mol. The SMILES string of the molecule is CC(=O)[O-].CCOC(=O)CCCCOc1ccc(-c2c3nc(c(-c4cc[n+](C)cc4)c4ccc([n-]4)c(-c4cc[n+](C)cc4)c4nc(c(-c5cc[n+](C)cc5)c5ccc2[n-]5)C=C4)C=C3)cc1.[I-].[I-].[I-].[Mn+3]. The van der Waals surface area contributed by atoms with Crippen molar-refractivity contribution in [3.63, 3.8) is 0 Å². The van der Waals surface area contributed by atoms with Crippen molar-refractivity contribution in [2.24, 2.45) is 21.1 Å². The smallest absolute Gasteiger partial charge is 1.00 e. The Labute approximate surface area is 463 Å². The van der Waals surface area contributed by atoms with E-state index in [1.54, 1.807) is 0 Å². The number of benzene rings is 1. The molecule has 0 unspecified atom stereocenters. The topological polar surface area (TPSA) is 141 Å². The van der Waals surface area contributed by atoms with Crippen molar-refractivity contribution in [2.75, 3.05) is 13.2 Å². The molecule has 8 heterocycles. The van der Waals surface area contributed by atoms with Crippen molar-refractivity contribution >= 4 is 58.3 Å². The third-order valence-electron chi connectivity index (χ3n) is 10.9. The minimum absolute atomic E-state index is 0. The predicted octanol–water partition coefficient (Wildman–Crippen LogP) is -2.07. The number of rotatable bonds is 11. The van der Waals surface area contributed by atoms with Gasteiger partial charge in [-0.1, -0.05) is 36.4 Å². The number of hydrogen-bond donors (Lipinski definition) is 0. The molecule has 6 aromatic heterocycles. The summed E-state index contributed by atoms with van der Waals surface area (Å²) in [4.78, 5) is 42.2. The summed E-state index contributed by atoms with van der Waals surface area (Å²) >= 11 is 0.